The van der Waals surface area contributed by atoms with E-state index >= 15 is 0 Å². The predicted molar refractivity (Wildman–Crippen MR) is 130 cm³/mol. The lowest BCUT2D eigenvalue weighted by Gasteiger charge is -2.35. The summed E-state index contributed by atoms with van der Waals surface area (Å²) in [6.07, 6.45) is 3.79. The Bertz CT molecular complexity index is 696. The number of aliphatic imine (C=N–C) groups is 1. The Hall–Kier alpha value is -1.35. The van der Waals surface area contributed by atoms with Crippen LogP contribution in [0, 0.1) is 0 Å². The number of carbonyl (C=O) groups is 1. The molecule has 0 spiro atoms. The van der Waals surface area contributed by atoms with Gasteiger partial charge in [-0.2, -0.15) is 0 Å². The second-order valence-electron chi connectivity index (χ2n) is 7.83. The summed E-state index contributed by atoms with van der Waals surface area (Å²) in [5.74, 6) is 1.08. The summed E-state index contributed by atoms with van der Waals surface area (Å²) in [4.78, 5) is 20.8. The van der Waals surface area contributed by atoms with Gasteiger partial charge in [0.1, 0.15) is 0 Å². The van der Waals surface area contributed by atoms with E-state index in [1.165, 1.54) is 11.1 Å². The van der Waals surface area contributed by atoms with Crippen molar-refractivity contribution in [2.24, 2.45) is 4.99 Å². The third-order valence-electron chi connectivity index (χ3n) is 6.06. The highest BCUT2D eigenvalue weighted by atomic mass is 127. The Labute approximate surface area is 192 Å². The fourth-order valence-electron chi connectivity index (χ4n) is 4.29. The quantitative estimate of drug-likeness (QED) is 0.349. The molecule has 1 aromatic rings. The molecule has 2 unspecified atom stereocenters. The van der Waals surface area contributed by atoms with Crippen molar-refractivity contribution in [3.63, 3.8) is 0 Å². The van der Waals surface area contributed by atoms with Crippen LogP contribution in [0.15, 0.2) is 29.3 Å². The Morgan fingerprint density at radius 3 is 2.69 bits per heavy atom. The van der Waals surface area contributed by atoms with E-state index in [9.17, 15) is 4.79 Å². The first-order chi connectivity index (χ1) is 13.6. The molecule has 0 aromatic heterocycles. The van der Waals surface area contributed by atoms with Gasteiger partial charge in [-0.3, -0.25) is 14.7 Å². The minimum absolute atomic E-state index is 0. The number of benzene rings is 1. The fraction of sp³-hybridized carbons (Fsp3) is 0.636. The average Bonchev–Trinajstić information content (AvgIpc) is 3.21. The summed E-state index contributed by atoms with van der Waals surface area (Å²) >= 11 is 0. The molecule has 0 saturated carbocycles. The lowest BCUT2D eigenvalue weighted by molar-refractivity contribution is -0.129. The molecule has 1 amide bonds. The zero-order chi connectivity index (χ0) is 19.9. The van der Waals surface area contributed by atoms with Crippen molar-refractivity contribution in [3.05, 3.63) is 35.4 Å². The number of amides is 1. The molecule has 1 fully saturated rings. The minimum Gasteiger partial charge on any atom is -0.355 e. The zero-order valence-electron chi connectivity index (χ0n) is 18.0. The van der Waals surface area contributed by atoms with Crippen LogP contribution in [0.2, 0.25) is 0 Å². The van der Waals surface area contributed by atoms with Crippen molar-refractivity contribution in [3.8, 4) is 0 Å². The fourth-order valence-corrected chi connectivity index (χ4v) is 4.29. The van der Waals surface area contributed by atoms with Gasteiger partial charge in [-0.1, -0.05) is 38.1 Å². The average molecular weight is 513 g/mol. The number of guanidine groups is 1. The van der Waals surface area contributed by atoms with Crippen LogP contribution < -0.4 is 10.6 Å². The van der Waals surface area contributed by atoms with Gasteiger partial charge in [0, 0.05) is 58.3 Å². The van der Waals surface area contributed by atoms with E-state index in [-0.39, 0.29) is 35.9 Å². The molecule has 1 saturated heterocycles. The molecule has 2 atom stereocenters. The van der Waals surface area contributed by atoms with Crippen LogP contribution in [0.5, 0.6) is 0 Å². The van der Waals surface area contributed by atoms with Crippen LogP contribution in [0.25, 0.3) is 0 Å². The van der Waals surface area contributed by atoms with Crippen molar-refractivity contribution in [1.29, 1.82) is 0 Å². The van der Waals surface area contributed by atoms with Gasteiger partial charge in [-0.15, -0.1) is 24.0 Å². The maximum Gasteiger partial charge on any atom is 0.222 e. The summed E-state index contributed by atoms with van der Waals surface area (Å²) in [7, 11) is 1.82. The van der Waals surface area contributed by atoms with E-state index < -0.39 is 0 Å². The van der Waals surface area contributed by atoms with Gasteiger partial charge in [0.05, 0.1) is 0 Å². The van der Waals surface area contributed by atoms with Crippen LogP contribution in [0.3, 0.4) is 0 Å². The topological polar surface area (TPSA) is 60.0 Å². The number of halogens is 1. The molecule has 6 nitrogen and oxygen atoms in total. The van der Waals surface area contributed by atoms with E-state index in [0.717, 1.165) is 57.9 Å². The summed E-state index contributed by atoms with van der Waals surface area (Å²) in [5, 5.41) is 7.02. The van der Waals surface area contributed by atoms with Crippen LogP contribution in [0.1, 0.15) is 44.2 Å². The third-order valence-corrected chi connectivity index (χ3v) is 6.06. The Morgan fingerprint density at radius 2 is 2.00 bits per heavy atom. The number of hydrogen-bond donors (Lipinski definition) is 2. The number of nitrogens with one attached hydrogen (secondary N) is 2. The second-order valence-corrected chi connectivity index (χ2v) is 7.83. The van der Waals surface area contributed by atoms with Gasteiger partial charge in [-0.25, -0.2) is 0 Å². The lowest BCUT2D eigenvalue weighted by atomic mass is 9.98. The SMILES string of the molecule is CCC(=O)N1CCC(NC(=NC)NCC(CC)N2CCc3ccccc3C2)C1.I. The van der Waals surface area contributed by atoms with Crippen LogP contribution in [-0.2, 0) is 17.8 Å². The van der Waals surface area contributed by atoms with Crippen LogP contribution in [0.4, 0.5) is 0 Å². The van der Waals surface area contributed by atoms with Crippen LogP contribution in [-0.4, -0.2) is 67.0 Å². The summed E-state index contributed by atoms with van der Waals surface area (Å²) in [5.41, 5.74) is 2.95. The lowest BCUT2D eigenvalue weighted by Crippen LogP contribution is -2.50. The van der Waals surface area contributed by atoms with Crippen LogP contribution >= 0.6 is 24.0 Å². The van der Waals surface area contributed by atoms with Gasteiger partial charge < -0.3 is 15.5 Å². The summed E-state index contributed by atoms with van der Waals surface area (Å²) < 4.78 is 0. The first kappa shape index (κ1) is 23.9. The molecule has 162 valence electrons. The molecule has 29 heavy (non-hydrogen) atoms. The highest BCUT2D eigenvalue weighted by Gasteiger charge is 2.26. The maximum absolute atomic E-state index is 11.9. The first-order valence-corrected chi connectivity index (χ1v) is 10.7. The van der Waals surface area contributed by atoms with Gasteiger partial charge >= 0.3 is 0 Å². The third kappa shape index (κ3) is 6.31. The van der Waals surface area contributed by atoms with Crippen molar-refractivity contribution < 1.29 is 4.79 Å². The standard InChI is InChI=1S/C22H35N5O.HI/c1-4-20(26-12-10-17-8-6-7-9-18(17)15-26)14-24-22(23-3)25-19-11-13-27(16-19)21(28)5-2;/h6-9,19-20H,4-5,10-16H2,1-3H3,(H2,23,24,25);1H. The number of hydrogen-bond acceptors (Lipinski definition) is 3. The highest BCUT2D eigenvalue weighted by Crippen LogP contribution is 2.21. The largest absolute Gasteiger partial charge is 0.355 e. The first-order valence-electron chi connectivity index (χ1n) is 10.7. The molecule has 2 aliphatic heterocycles. The number of fused-ring (bicyclic) bond motifs is 1. The normalized spacial score (nSPS) is 20.6. The number of rotatable bonds is 6. The Balaban J connectivity index is 0.00000300. The van der Waals surface area contributed by atoms with Crippen molar-refractivity contribution >= 4 is 35.8 Å². The van der Waals surface area contributed by atoms with Gasteiger partial charge in [-0.05, 0) is 30.4 Å². The Morgan fingerprint density at radius 1 is 1.24 bits per heavy atom. The molecule has 0 bridgehead atoms. The maximum atomic E-state index is 11.9. The molecule has 2 heterocycles. The van der Waals surface area contributed by atoms with Crippen molar-refractivity contribution in [2.45, 2.75) is 58.2 Å². The van der Waals surface area contributed by atoms with Crippen molar-refractivity contribution in [1.82, 2.24) is 20.4 Å². The predicted octanol–water partition coefficient (Wildman–Crippen LogP) is 2.62. The second kappa shape index (κ2) is 11.7. The number of likely N-dealkylation sites (tertiary alicyclic amines) is 1. The van der Waals surface area contributed by atoms with Gasteiger partial charge in [0.2, 0.25) is 5.91 Å². The molecule has 1 aromatic carbocycles. The highest BCUT2D eigenvalue weighted by molar-refractivity contribution is 14.0. The molecule has 2 aliphatic rings. The van der Waals surface area contributed by atoms with Gasteiger partial charge in [0.25, 0.3) is 0 Å². The van der Waals surface area contributed by atoms with Gasteiger partial charge in [0.15, 0.2) is 5.96 Å². The molecule has 3 rings (SSSR count). The summed E-state index contributed by atoms with van der Waals surface area (Å²) in [6, 6.07) is 9.55. The molecule has 2 N–H and O–H groups in total. The molecule has 0 radical (unpaired) electrons. The summed E-state index contributed by atoms with van der Waals surface area (Å²) in [6.45, 7) is 8.81. The monoisotopic (exact) mass is 513 g/mol. The molecular weight excluding hydrogens is 477 g/mol. The Kier molecular flexibility index (Phi) is 9.68. The van der Waals surface area contributed by atoms with Crippen molar-refractivity contribution in [2.75, 3.05) is 33.2 Å². The van der Waals surface area contributed by atoms with E-state index in [2.05, 4.69) is 51.7 Å². The van der Waals surface area contributed by atoms with E-state index in [0.29, 0.717) is 12.5 Å². The zero-order valence-corrected chi connectivity index (χ0v) is 20.3. The van der Waals surface area contributed by atoms with E-state index in [1.807, 2.05) is 18.9 Å². The molecule has 7 heteroatoms. The molecule has 0 aliphatic carbocycles. The molecular formula is C22H36IN5O. The smallest absolute Gasteiger partial charge is 0.222 e. The minimum atomic E-state index is 0. The van der Waals surface area contributed by atoms with E-state index in [1.54, 1.807) is 0 Å². The number of carbonyl (C=O) groups excluding carboxylic acids is 1. The number of nitrogens with zero attached hydrogens (tertiary/aromatic N) is 3. The van der Waals surface area contributed by atoms with E-state index in [4.69, 9.17) is 0 Å².